The van der Waals surface area contributed by atoms with Crippen LogP contribution in [0.15, 0.2) is 72.9 Å². The first-order valence-corrected chi connectivity index (χ1v) is 10.3. The van der Waals surface area contributed by atoms with E-state index < -0.39 is 5.97 Å². The quantitative estimate of drug-likeness (QED) is 0.408. The molecule has 0 spiro atoms. The Bertz CT molecular complexity index is 1230. The summed E-state index contributed by atoms with van der Waals surface area (Å²) in [7, 11) is 0. The third-order valence-electron chi connectivity index (χ3n) is 5.14. The average molecular weight is 436 g/mol. The first-order valence-electron chi connectivity index (χ1n) is 9.95. The van der Waals surface area contributed by atoms with Gasteiger partial charge in [-0.05, 0) is 71.0 Å². The number of nitrogens with zero attached hydrogens (tertiary/aromatic N) is 1. The summed E-state index contributed by atoms with van der Waals surface area (Å²) in [6, 6.07) is 21.1. The topological polar surface area (TPSA) is 71.7 Å². The molecule has 0 bridgehead atoms. The number of carboxylic acid groups (broad SMARTS) is 1. The lowest BCUT2D eigenvalue weighted by molar-refractivity contribution is 0.0696. The van der Waals surface area contributed by atoms with Gasteiger partial charge in [0.25, 0.3) is 0 Å². The molecule has 0 saturated heterocycles. The Morgan fingerprint density at radius 2 is 1.87 bits per heavy atom. The van der Waals surface area contributed by atoms with Crippen LogP contribution < -0.4 is 4.74 Å². The highest BCUT2D eigenvalue weighted by Gasteiger charge is 2.12. The summed E-state index contributed by atoms with van der Waals surface area (Å²) in [5, 5.41) is 19.9. The van der Waals surface area contributed by atoms with Crippen LogP contribution in [0.1, 0.15) is 27.0 Å². The van der Waals surface area contributed by atoms with Gasteiger partial charge in [0, 0.05) is 23.3 Å². The molecule has 1 heterocycles. The first-order chi connectivity index (χ1) is 15.0. The van der Waals surface area contributed by atoms with Gasteiger partial charge in [0.05, 0.1) is 12.2 Å². The summed E-state index contributed by atoms with van der Waals surface area (Å²) in [6.45, 7) is 0.953. The molecule has 158 valence electrons. The highest BCUT2D eigenvalue weighted by atomic mass is 35.5. The molecule has 6 heteroatoms. The van der Waals surface area contributed by atoms with E-state index in [-0.39, 0.29) is 18.8 Å². The van der Waals surface area contributed by atoms with Crippen LogP contribution in [0.5, 0.6) is 5.75 Å². The van der Waals surface area contributed by atoms with Crippen molar-refractivity contribution < 1.29 is 19.7 Å². The summed E-state index contributed by atoms with van der Waals surface area (Å²) >= 11 is 5.96. The summed E-state index contributed by atoms with van der Waals surface area (Å²) in [4.78, 5) is 11.6. The number of carbonyl (C=O) groups is 1. The molecule has 0 aliphatic heterocycles. The molecule has 4 rings (SSSR count). The molecule has 0 amide bonds. The number of aromatic nitrogens is 1. The molecule has 3 aromatic carbocycles. The fraction of sp³-hybridized carbons (Fsp3) is 0.160. The van der Waals surface area contributed by atoms with Gasteiger partial charge < -0.3 is 19.5 Å². The van der Waals surface area contributed by atoms with E-state index in [4.69, 9.17) is 21.4 Å². The van der Waals surface area contributed by atoms with E-state index >= 15 is 0 Å². The maximum Gasteiger partial charge on any atom is 0.336 e. The van der Waals surface area contributed by atoms with Crippen molar-refractivity contribution >= 4 is 28.5 Å². The second-order valence-corrected chi connectivity index (χ2v) is 7.78. The van der Waals surface area contributed by atoms with Gasteiger partial charge in [0.2, 0.25) is 0 Å². The smallest absolute Gasteiger partial charge is 0.336 e. The molecule has 0 aliphatic rings. The maximum absolute atomic E-state index is 11.6. The maximum atomic E-state index is 11.6. The molecule has 4 aromatic rings. The highest BCUT2D eigenvalue weighted by molar-refractivity contribution is 6.31. The normalized spacial score (nSPS) is 11.0. The van der Waals surface area contributed by atoms with E-state index in [1.807, 2.05) is 36.5 Å². The van der Waals surface area contributed by atoms with Gasteiger partial charge in [-0.3, -0.25) is 0 Å². The zero-order valence-electron chi connectivity index (χ0n) is 16.8. The Kier molecular flexibility index (Phi) is 6.26. The number of benzene rings is 3. The number of aliphatic hydroxyl groups excluding tert-OH is 1. The van der Waals surface area contributed by atoms with Crippen LogP contribution >= 0.6 is 11.6 Å². The molecule has 5 nitrogen and oxygen atoms in total. The SMILES string of the molecule is O=C(O)c1cc(Cl)ccc1Cc1ccc2c(ccn2Cc2cccc(OCCO)c2)c1. The van der Waals surface area contributed by atoms with Crippen molar-refractivity contribution in [1.82, 2.24) is 4.57 Å². The Morgan fingerprint density at radius 3 is 2.68 bits per heavy atom. The number of hydrogen-bond donors (Lipinski definition) is 2. The molecule has 0 aliphatic carbocycles. The third-order valence-corrected chi connectivity index (χ3v) is 5.38. The van der Waals surface area contributed by atoms with E-state index in [2.05, 4.69) is 22.8 Å². The monoisotopic (exact) mass is 435 g/mol. The number of ether oxygens (including phenoxy) is 1. The number of rotatable bonds is 8. The van der Waals surface area contributed by atoms with E-state index in [1.165, 1.54) is 6.07 Å². The Balaban J connectivity index is 1.56. The minimum atomic E-state index is -0.977. The van der Waals surface area contributed by atoms with E-state index in [1.54, 1.807) is 12.1 Å². The van der Waals surface area contributed by atoms with Crippen LogP contribution in [-0.4, -0.2) is 34.0 Å². The zero-order chi connectivity index (χ0) is 21.8. The number of aliphatic hydroxyl groups is 1. The van der Waals surface area contributed by atoms with Gasteiger partial charge in [-0.15, -0.1) is 0 Å². The van der Waals surface area contributed by atoms with Gasteiger partial charge in [0.15, 0.2) is 0 Å². The van der Waals surface area contributed by atoms with Crippen molar-refractivity contribution in [3.63, 3.8) is 0 Å². The van der Waals surface area contributed by atoms with Gasteiger partial charge >= 0.3 is 5.97 Å². The molecule has 0 unspecified atom stereocenters. The highest BCUT2D eigenvalue weighted by Crippen LogP contribution is 2.24. The predicted octanol–water partition coefficient (Wildman–Crippen LogP) is 5.00. The molecule has 0 atom stereocenters. The third kappa shape index (κ3) is 4.90. The molecular weight excluding hydrogens is 414 g/mol. The minimum absolute atomic E-state index is 0.0151. The van der Waals surface area contributed by atoms with E-state index in [0.29, 0.717) is 18.0 Å². The Hall–Kier alpha value is -3.28. The number of fused-ring (bicyclic) bond motifs is 1. The van der Waals surface area contributed by atoms with Crippen molar-refractivity contribution in [3.05, 3.63) is 100 Å². The van der Waals surface area contributed by atoms with Crippen LogP contribution in [0.3, 0.4) is 0 Å². The largest absolute Gasteiger partial charge is 0.491 e. The number of halogens is 1. The molecule has 31 heavy (non-hydrogen) atoms. The second-order valence-electron chi connectivity index (χ2n) is 7.34. The van der Waals surface area contributed by atoms with Crippen LogP contribution in [0, 0.1) is 0 Å². The van der Waals surface area contributed by atoms with Gasteiger partial charge in [-0.25, -0.2) is 4.79 Å². The minimum Gasteiger partial charge on any atom is -0.491 e. The number of hydrogen-bond acceptors (Lipinski definition) is 3. The van der Waals surface area contributed by atoms with Gasteiger partial charge in [-0.1, -0.05) is 35.9 Å². The summed E-state index contributed by atoms with van der Waals surface area (Å²) in [6.07, 6.45) is 2.56. The summed E-state index contributed by atoms with van der Waals surface area (Å²) in [5.41, 5.74) is 4.20. The average Bonchev–Trinajstić information content (AvgIpc) is 3.15. The van der Waals surface area contributed by atoms with Crippen LogP contribution in [0.4, 0.5) is 0 Å². The molecule has 1 aromatic heterocycles. The predicted molar refractivity (Wildman–Crippen MR) is 121 cm³/mol. The number of aromatic carboxylic acids is 1. The van der Waals surface area contributed by atoms with E-state index in [9.17, 15) is 9.90 Å². The zero-order valence-corrected chi connectivity index (χ0v) is 17.5. The van der Waals surface area contributed by atoms with Crippen LogP contribution in [-0.2, 0) is 13.0 Å². The number of carboxylic acids is 1. The van der Waals surface area contributed by atoms with Gasteiger partial charge in [-0.2, -0.15) is 0 Å². The fourth-order valence-corrected chi connectivity index (χ4v) is 3.89. The molecule has 2 N–H and O–H groups in total. The lowest BCUT2D eigenvalue weighted by Gasteiger charge is -2.10. The Morgan fingerprint density at radius 1 is 1.00 bits per heavy atom. The van der Waals surface area contributed by atoms with Crippen LogP contribution in [0.25, 0.3) is 10.9 Å². The molecule has 0 fully saturated rings. The van der Waals surface area contributed by atoms with Crippen molar-refractivity contribution in [3.8, 4) is 5.75 Å². The second kappa shape index (κ2) is 9.25. The lowest BCUT2D eigenvalue weighted by Crippen LogP contribution is -2.03. The first kappa shape index (κ1) is 21.0. The summed E-state index contributed by atoms with van der Waals surface area (Å²) < 4.78 is 7.66. The van der Waals surface area contributed by atoms with Crippen molar-refractivity contribution in [2.45, 2.75) is 13.0 Å². The molecular formula is C25H22ClNO4. The standard InChI is InChI=1S/C25H22ClNO4/c26-21-6-5-19(23(15-21)25(29)30)12-17-4-7-24-20(13-17)8-9-27(24)16-18-2-1-3-22(14-18)31-11-10-28/h1-9,13-15,28H,10-12,16H2,(H,29,30). The lowest BCUT2D eigenvalue weighted by atomic mass is 9.99. The van der Waals surface area contributed by atoms with Crippen LogP contribution in [0.2, 0.25) is 5.02 Å². The summed E-state index contributed by atoms with van der Waals surface area (Å²) in [5.74, 6) is -0.238. The van der Waals surface area contributed by atoms with Crippen molar-refractivity contribution in [2.75, 3.05) is 13.2 Å². The van der Waals surface area contributed by atoms with Crippen molar-refractivity contribution in [1.29, 1.82) is 0 Å². The van der Waals surface area contributed by atoms with E-state index in [0.717, 1.165) is 33.3 Å². The molecule has 0 saturated carbocycles. The fourth-order valence-electron chi connectivity index (χ4n) is 3.71. The van der Waals surface area contributed by atoms with Gasteiger partial charge in [0.1, 0.15) is 12.4 Å². The Labute approximate surface area is 185 Å². The van der Waals surface area contributed by atoms with Crippen molar-refractivity contribution in [2.24, 2.45) is 0 Å². The molecule has 0 radical (unpaired) electrons.